The van der Waals surface area contributed by atoms with E-state index in [4.69, 9.17) is 0 Å². The van der Waals surface area contributed by atoms with Gasteiger partial charge in [-0.15, -0.1) is 0 Å². The summed E-state index contributed by atoms with van der Waals surface area (Å²) in [5, 5.41) is 7.24. The Morgan fingerprint density at radius 3 is 2.26 bits per heavy atom. The Labute approximate surface area is 176 Å². The largest absolute Gasteiger partial charge is 0.340 e. The van der Waals surface area contributed by atoms with Gasteiger partial charge in [-0.3, -0.25) is 4.72 Å². The van der Waals surface area contributed by atoms with Crippen molar-refractivity contribution in [3.8, 4) is 5.82 Å². The predicted molar refractivity (Wildman–Crippen MR) is 111 cm³/mol. The van der Waals surface area contributed by atoms with Crippen LogP contribution in [0.4, 0.5) is 26.0 Å². The highest BCUT2D eigenvalue weighted by molar-refractivity contribution is 7.92. The zero-order valence-electron chi connectivity index (χ0n) is 16.1. The summed E-state index contributed by atoms with van der Waals surface area (Å²) in [6.07, 6.45) is 3.39. The van der Waals surface area contributed by atoms with Crippen molar-refractivity contribution in [1.29, 1.82) is 0 Å². The molecule has 4 aromatic rings. The molecule has 2 aromatic carbocycles. The van der Waals surface area contributed by atoms with Crippen LogP contribution in [0, 0.1) is 18.6 Å². The van der Waals surface area contributed by atoms with Gasteiger partial charge in [0, 0.05) is 29.8 Å². The summed E-state index contributed by atoms with van der Waals surface area (Å²) in [5.41, 5.74) is 0.758. The van der Waals surface area contributed by atoms with Gasteiger partial charge in [0.25, 0.3) is 10.0 Å². The van der Waals surface area contributed by atoms with Gasteiger partial charge in [0.05, 0.1) is 0 Å². The van der Waals surface area contributed by atoms with E-state index in [0.29, 0.717) is 23.1 Å². The van der Waals surface area contributed by atoms with E-state index < -0.39 is 26.6 Å². The van der Waals surface area contributed by atoms with E-state index in [1.54, 1.807) is 48.3 Å². The normalized spacial score (nSPS) is 11.3. The molecular weight excluding hydrogens is 426 g/mol. The van der Waals surface area contributed by atoms with Gasteiger partial charge in [0.1, 0.15) is 23.3 Å². The first kappa shape index (κ1) is 20.4. The van der Waals surface area contributed by atoms with Gasteiger partial charge in [0.15, 0.2) is 10.7 Å². The summed E-state index contributed by atoms with van der Waals surface area (Å²) in [5.74, 6) is -0.710. The van der Waals surface area contributed by atoms with Crippen molar-refractivity contribution < 1.29 is 17.2 Å². The quantitative estimate of drug-likeness (QED) is 0.471. The van der Waals surface area contributed by atoms with Crippen LogP contribution in [0.15, 0.2) is 71.9 Å². The second kappa shape index (κ2) is 8.11. The Kier molecular flexibility index (Phi) is 5.34. The predicted octanol–water partition coefficient (Wildman–Crippen LogP) is 3.79. The van der Waals surface area contributed by atoms with E-state index in [0.717, 1.165) is 18.2 Å². The number of benzene rings is 2. The molecule has 158 valence electrons. The molecular formula is C20H16F2N6O2S. The second-order valence-electron chi connectivity index (χ2n) is 6.47. The van der Waals surface area contributed by atoms with Crippen molar-refractivity contribution >= 4 is 27.2 Å². The van der Waals surface area contributed by atoms with E-state index in [-0.39, 0.29) is 5.69 Å². The molecule has 0 saturated heterocycles. The van der Waals surface area contributed by atoms with Crippen LogP contribution in [0.5, 0.6) is 0 Å². The van der Waals surface area contributed by atoms with E-state index in [2.05, 4.69) is 25.1 Å². The van der Waals surface area contributed by atoms with Crippen LogP contribution in [-0.4, -0.2) is 28.2 Å². The van der Waals surface area contributed by atoms with Gasteiger partial charge >= 0.3 is 0 Å². The Morgan fingerprint density at radius 1 is 0.935 bits per heavy atom. The fraction of sp³-hybridized carbons (Fsp3) is 0.0500. The molecule has 0 aliphatic rings. The Balaban J connectivity index is 1.53. The number of hydrogen-bond donors (Lipinski definition) is 2. The number of aryl methyl sites for hydroxylation is 1. The lowest BCUT2D eigenvalue weighted by atomic mass is 10.3. The van der Waals surface area contributed by atoms with Crippen LogP contribution in [0.25, 0.3) is 5.82 Å². The van der Waals surface area contributed by atoms with Crippen LogP contribution < -0.4 is 10.0 Å². The van der Waals surface area contributed by atoms with Crippen molar-refractivity contribution in [3.05, 3.63) is 84.4 Å². The highest BCUT2D eigenvalue weighted by atomic mass is 32.2. The highest BCUT2D eigenvalue weighted by Crippen LogP contribution is 2.24. The first-order chi connectivity index (χ1) is 14.8. The molecule has 0 saturated carbocycles. The lowest BCUT2D eigenvalue weighted by Crippen LogP contribution is -2.16. The molecule has 0 unspecified atom stereocenters. The Bertz CT molecular complexity index is 1310. The number of anilines is 3. The number of hydrogen-bond acceptors (Lipinski definition) is 6. The fourth-order valence-corrected chi connectivity index (χ4v) is 4.05. The summed E-state index contributed by atoms with van der Waals surface area (Å²) in [4.78, 5) is 7.62. The van der Waals surface area contributed by atoms with Crippen LogP contribution in [0.1, 0.15) is 5.82 Å². The summed E-state index contributed by atoms with van der Waals surface area (Å²) < 4.78 is 56.2. The third kappa shape index (κ3) is 4.51. The van der Waals surface area contributed by atoms with Crippen LogP contribution in [-0.2, 0) is 10.0 Å². The topological polar surface area (TPSA) is 102 Å². The number of sulfonamides is 1. The molecule has 8 nitrogen and oxygen atoms in total. The fourth-order valence-electron chi connectivity index (χ4n) is 2.85. The third-order valence-electron chi connectivity index (χ3n) is 4.16. The minimum atomic E-state index is -4.43. The van der Waals surface area contributed by atoms with Gasteiger partial charge in [-0.1, -0.05) is 6.07 Å². The van der Waals surface area contributed by atoms with Crippen molar-refractivity contribution in [3.63, 3.8) is 0 Å². The van der Waals surface area contributed by atoms with E-state index in [9.17, 15) is 17.2 Å². The maximum absolute atomic E-state index is 13.8. The minimum absolute atomic E-state index is 0.143. The van der Waals surface area contributed by atoms with Crippen LogP contribution in [0.3, 0.4) is 0 Å². The molecule has 0 spiro atoms. The molecule has 31 heavy (non-hydrogen) atoms. The molecule has 2 heterocycles. The Hall–Kier alpha value is -3.86. The zero-order valence-corrected chi connectivity index (χ0v) is 16.9. The van der Waals surface area contributed by atoms with E-state index >= 15 is 0 Å². The standard InChI is InChI=1S/C20H16F2N6O2S/c1-13-24-18(12-19(25-13)28-11-3-10-23-28)26-14-6-8-15(9-7-14)27-31(29,30)20-16(21)4-2-5-17(20)22/h2-12,27H,1H3,(H,24,25,26). The molecule has 2 aromatic heterocycles. The molecule has 0 amide bonds. The Morgan fingerprint density at radius 2 is 1.61 bits per heavy atom. The molecule has 4 rings (SSSR count). The number of nitrogens with one attached hydrogen (secondary N) is 2. The maximum Gasteiger partial charge on any atom is 0.267 e. The molecule has 11 heteroatoms. The summed E-state index contributed by atoms with van der Waals surface area (Å²) in [6.45, 7) is 1.75. The van der Waals surface area contributed by atoms with Gasteiger partial charge in [-0.05, 0) is 49.4 Å². The maximum atomic E-state index is 13.8. The smallest absolute Gasteiger partial charge is 0.267 e. The first-order valence-corrected chi connectivity index (χ1v) is 10.5. The van der Waals surface area contributed by atoms with Crippen LogP contribution in [0.2, 0.25) is 0 Å². The van der Waals surface area contributed by atoms with Gasteiger partial charge in [-0.25, -0.2) is 31.8 Å². The summed E-state index contributed by atoms with van der Waals surface area (Å²) >= 11 is 0. The average molecular weight is 442 g/mol. The number of aromatic nitrogens is 4. The second-order valence-corrected chi connectivity index (χ2v) is 8.09. The number of rotatable bonds is 6. The van der Waals surface area contributed by atoms with Crippen LogP contribution >= 0.6 is 0 Å². The average Bonchev–Trinajstić information content (AvgIpc) is 3.23. The first-order valence-electron chi connectivity index (χ1n) is 9.01. The molecule has 0 radical (unpaired) electrons. The molecule has 2 N–H and O–H groups in total. The molecule has 0 aliphatic heterocycles. The molecule has 0 bridgehead atoms. The minimum Gasteiger partial charge on any atom is -0.340 e. The highest BCUT2D eigenvalue weighted by Gasteiger charge is 2.23. The molecule has 0 aliphatic carbocycles. The van der Waals surface area contributed by atoms with Gasteiger partial charge in [0.2, 0.25) is 0 Å². The molecule has 0 fully saturated rings. The SMILES string of the molecule is Cc1nc(Nc2ccc(NS(=O)(=O)c3c(F)cccc3F)cc2)cc(-n2cccn2)n1. The lowest BCUT2D eigenvalue weighted by molar-refractivity contribution is 0.521. The van der Waals surface area contributed by atoms with Crippen molar-refractivity contribution in [2.75, 3.05) is 10.0 Å². The zero-order chi connectivity index (χ0) is 22.0. The van der Waals surface area contributed by atoms with E-state index in [1.165, 1.54) is 12.1 Å². The monoisotopic (exact) mass is 442 g/mol. The number of nitrogens with zero attached hydrogens (tertiary/aromatic N) is 4. The van der Waals surface area contributed by atoms with Gasteiger partial charge < -0.3 is 5.32 Å². The third-order valence-corrected chi connectivity index (χ3v) is 5.59. The van der Waals surface area contributed by atoms with E-state index in [1.807, 2.05) is 0 Å². The summed E-state index contributed by atoms with van der Waals surface area (Å²) in [6, 6.07) is 12.5. The lowest BCUT2D eigenvalue weighted by Gasteiger charge is -2.11. The molecule has 0 atom stereocenters. The van der Waals surface area contributed by atoms with Crippen molar-refractivity contribution in [1.82, 2.24) is 19.7 Å². The van der Waals surface area contributed by atoms with Crippen molar-refractivity contribution in [2.45, 2.75) is 11.8 Å². The summed E-state index contributed by atoms with van der Waals surface area (Å²) in [7, 11) is -4.43. The van der Waals surface area contributed by atoms with Gasteiger partial charge in [-0.2, -0.15) is 5.10 Å². The number of halogens is 2. The van der Waals surface area contributed by atoms with Crippen molar-refractivity contribution in [2.24, 2.45) is 0 Å².